The van der Waals surface area contributed by atoms with Crippen molar-refractivity contribution < 1.29 is 19.6 Å². The second-order valence-corrected chi connectivity index (χ2v) is 7.76. The van der Waals surface area contributed by atoms with E-state index in [1.165, 1.54) is 18.1 Å². The molecule has 1 fully saturated rings. The van der Waals surface area contributed by atoms with E-state index >= 15 is 0 Å². The molecule has 1 saturated heterocycles. The van der Waals surface area contributed by atoms with E-state index in [2.05, 4.69) is 4.98 Å². The van der Waals surface area contributed by atoms with E-state index in [4.69, 9.17) is 4.74 Å². The molecular weight excluding hydrogens is 410 g/mol. The number of nitrogens with zero attached hydrogens (tertiary/aromatic N) is 3. The van der Waals surface area contributed by atoms with Gasteiger partial charge < -0.3 is 14.7 Å². The third kappa shape index (κ3) is 4.12. The first kappa shape index (κ1) is 21.3. The highest BCUT2D eigenvalue weighted by Gasteiger charge is 2.50. The molecule has 2 aromatic carbocycles. The minimum atomic E-state index is -1.08. The van der Waals surface area contributed by atoms with Gasteiger partial charge in [-0.2, -0.15) is 0 Å². The molecule has 8 heteroatoms. The number of phenols is 1. The number of benzene rings is 2. The summed E-state index contributed by atoms with van der Waals surface area (Å²) in [5.74, 6) is -0.652. The van der Waals surface area contributed by atoms with Crippen LogP contribution in [0.5, 0.6) is 11.5 Å². The Morgan fingerprint density at radius 1 is 1.16 bits per heavy atom. The molecule has 1 amide bonds. The Morgan fingerprint density at radius 3 is 2.59 bits per heavy atom. The summed E-state index contributed by atoms with van der Waals surface area (Å²) in [4.78, 5) is 31.1. The lowest BCUT2D eigenvalue weighted by Gasteiger charge is -2.41. The maximum absolute atomic E-state index is 13.4. The number of methoxy groups -OCH3 is 1. The number of hydrogen-bond acceptors (Lipinski definition) is 6. The molecule has 0 bridgehead atoms. The highest BCUT2D eigenvalue weighted by molar-refractivity contribution is 5.79. The molecule has 164 valence electrons. The van der Waals surface area contributed by atoms with Crippen LogP contribution in [-0.2, 0) is 11.3 Å². The van der Waals surface area contributed by atoms with Gasteiger partial charge in [-0.3, -0.25) is 19.9 Å². The lowest BCUT2D eigenvalue weighted by molar-refractivity contribution is -0.537. The third-order valence-electron chi connectivity index (χ3n) is 5.88. The number of nitro groups is 1. The zero-order chi connectivity index (χ0) is 22.7. The first-order valence-corrected chi connectivity index (χ1v) is 10.2. The number of likely N-dealkylation sites (tertiary alicyclic amines) is 1. The van der Waals surface area contributed by atoms with Gasteiger partial charge in [0.05, 0.1) is 13.0 Å². The number of pyridine rings is 1. The number of aromatic hydroxyl groups is 1. The lowest BCUT2D eigenvalue weighted by Crippen LogP contribution is -2.51. The van der Waals surface area contributed by atoms with Gasteiger partial charge in [0, 0.05) is 30.3 Å². The van der Waals surface area contributed by atoms with Gasteiger partial charge in [-0.15, -0.1) is 0 Å². The van der Waals surface area contributed by atoms with Crippen LogP contribution in [0, 0.1) is 10.1 Å². The Bertz CT molecular complexity index is 1110. The molecule has 32 heavy (non-hydrogen) atoms. The fourth-order valence-corrected chi connectivity index (χ4v) is 4.39. The maximum atomic E-state index is 13.4. The fraction of sp³-hybridized carbons (Fsp3) is 0.250. The first-order valence-electron chi connectivity index (χ1n) is 10.2. The van der Waals surface area contributed by atoms with Crippen LogP contribution in [0.2, 0.25) is 0 Å². The molecular formula is C24H23N3O5. The van der Waals surface area contributed by atoms with E-state index in [1.807, 2.05) is 36.4 Å². The van der Waals surface area contributed by atoms with E-state index in [0.29, 0.717) is 5.56 Å². The number of rotatable bonds is 6. The smallest absolute Gasteiger partial charge is 0.244 e. The number of hydrogen-bond donors (Lipinski definition) is 1. The summed E-state index contributed by atoms with van der Waals surface area (Å²) < 4.78 is 5.23. The van der Waals surface area contributed by atoms with E-state index < -0.39 is 18.0 Å². The number of ether oxygens (including phenoxy) is 1. The Kier molecular flexibility index (Phi) is 6.02. The minimum Gasteiger partial charge on any atom is -0.504 e. The van der Waals surface area contributed by atoms with Crippen LogP contribution in [0.1, 0.15) is 35.1 Å². The SMILES string of the molecule is COc1cc([C@@H]2[C@@H]([N+](=O)[O-])[C@H](c3ccccc3)CC(=O)N2Cc2cccnc2)ccc1O. The van der Waals surface area contributed by atoms with Crippen molar-refractivity contribution in [2.24, 2.45) is 0 Å². The zero-order valence-electron chi connectivity index (χ0n) is 17.5. The molecule has 0 spiro atoms. The number of phenolic OH excluding ortho intramolecular Hbond substituents is 1. The molecule has 2 heterocycles. The molecule has 0 aliphatic carbocycles. The molecule has 0 radical (unpaired) electrons. The number of amides is 1. The molecule has 3 atom stereocenters. The summed E-state index contributed by atoms with van der Waals surface area (Å²) in [6, 6.07) is 15.4. The standard InChI is InChI=1S/C24H23N3O5/c1-32-21-12-18(9-10-20(21)28)23-24(27(30)31)19(17-7-3-2-4-8-17)13-22(29)26(23)15-16-6-5-11-25-14-16/h2-12,14,19,23-24,28H,13,15H2,1H3/t19-,23+,24-/m0/s1. The average molecular weight is 433 g/mol. The van der Waals surface area contributed by atoms with E-state index in [9.17, 15) is 20.0 Å². The summed E-state index contributed by atoms with van der Waals surface area (Å²) in [7, 11) is 1.41. The van der Waals surface area contributed by atoms with Crippen LogP contribution < -0.4 is 4.74 Å². The van der Waals surface area contributed by atoms with Crippen molar-refractivity contribution in [2.75, 3.05) is 7.11 Å². The number of carbonyl (C=O) groups is 1. The van der Waals surface area contributed by atoms with Gasteiger partial charge in [0.15, 0.2) is 11.5 Å². The van der Waals surface area contributed by atoms with Crippen LogP contribution in [0.25, 0.3) is 0 Å². The van der Waals surface area contributed by atoms with Gasteiger partial charge in [0.2, 0.25) is 11.9 Å². The molecule has 1 N–H and O–H groups in total. The number of aromatic nitrogens is 1. The van der Waals surface area contributed by atoms with Gasteiger partial charge in [-0.05, 0) is 34.9 Å². The van der Waals surface area contributed by atoms with E-state index in [-0.39, 0.29) is 35.3 Å². The molecule has 1 aliphatic heterocycles. The summed E-state index contributed by atoms with van der Waals surface area (Å²) in [5, 5.41) is 22.5. The third-order valence-corrected chi connectivity index (χ3v) is 5.88. The van der Waals surface area contributed by atoms with Crippen LogP contribution in [-0.4, -0.2) is 39.0 Å². The number of piperidine rings is 1. The Labute approximate surface area is 185 Å². The largest absolute Gasteiger partial charge is 0.504 e. The topological polar surface area (TPSA) is 106 Å². The molecule has 1 aromatic heterocycles. The molecule has 8 nitrogen and oxygen atoms in total. The van der Waals surface area contributed by atoms with Crippen molar-refractivity contribution >= 4 is 5.91 Å². The fourth-order valence-electron chi connectivity index (χ4n) is 4.39. The number of carbonyl (C=O) groups excluding carboxylic acids is 1. The summed E-state index contributed by atoms with van der Waals surface area (Å²) in [6.07, 6.45) is 3.31. The summed E-state index contributed by atoms with van der Waals surface area (Å²) in [5.41, 5.74) is 2.05. The molecule has 3 aromatic rings. The Morgan fingerprint density at radius 2 is 1.94 bits per heavy atom. The highest BCUT2D eigenvalue weighted by atomic mass is 16.6. The predicted molar refractivity (Wildman–Crippen MR) is 117 cm³/mol. The first-order chi connectivity index (χ1) is 15.5. The van der Waals surface area contributed by atoms with E-state index in [1.54, 1.807) is 30.6 Å². The predicted octanol–water partition coefficient (Wildman–Crippen LogP) is 3.70. The molecule has 1 aliphatic rings. The Hall–Kier alpha value is -3.94. The normalized spacial score (nSPS) is 20.7. The average Bonchev–Trinajstić information content (AvgIpc) is 2.81. The zero-order valence-corrected chi connectivity index (χ0v) is 17.5. The Balaban J connectivity index is 1.84. The second-order valence-electron chi connectivity index (χ2n) is 7.76. The van der Waals surface area contributed by atoms with Crippen molar-refractivity contribution in [3.63, 3.8) is 0 Å². The quantitative estimate of drug-likeness (QED) is 0.469. The van der Waals surface area contributed by atoms with Crippen molar-refractivity contribution in [3.8, 4) is 11.5 Å². The van der Waals surface area contributed by atoms with Gasteiger partial charge in [-0.1, -0.05) is 42.5 Å². The van der Waals surface area contributed by atoms with Crippen molar-refractivity contribution in [2.45, 2.75) is 31.0 Å². The molecule has 0 saturated carbocycles. The van der Waals surface area contributed by atoms with Gasteiger partial charge in [0.1, 0.15) is 6.04 Å². The lowest BCUT2D eigenvalue weighted by atomic mass is 9.78. The second kappa shape index (κ2) is 9.05. The van der Waals surface area contributed by atoms with Crippen LogP contribution in [0.3, 0.4) is 0 Å². The maximum Gasteiger partial charge on any atom is 0.244 e. The van der Waals surface area contributed by atoms with Crippen LogP contribution in [0.4, 0.5) is 0 Å². The van der Waals surface area contributed by atoms with E-state index in [0.717, 1.165) is 11.1 Å². The van der Waals surface area contributed by atoms with Gasteiger partial charge in [-0.25, -0.2) is 0 Å². The van der Waals surface area contributed by atoms with Gasteiger partial charge >= 0.3 is 0 Å². The van der Waals surface area contributed by atoms with Crippen LogP contribution >= 0.6 is 0 Å². The molecule has 4 rings (SSSR count). The molecule has 0 unspecified atom stereocenters. The monoisotopic (exact) mass is 433 g/mol. The summed E-state index contributed by atoms with van der Waals surface area (Å²) in [6.45, 7) is 0.187. The van der Waals surface area contributed by atoms with Crippen molar-refractivity contribution in [3.05, 3.63) is 99.9 Å². The van der Waals surface area contributed by atoms with Gasteiger partial charge in [0.25, 0.3) is 0 Å². The summed E-state index contributed by atoms with van der Waals surface area (Å²) >= 11 is 0. The highest BCUT2D eigenvalue weighted by Crippen LogP contribution is 2.44. The minimum absolute atomic E-state index is 0.0294. The van der Waals surface area contributed by atoms with Crippen LogP contribution in [0.15, 0.2) is 73.1 Å². The van der Waals surface area contributed by atoms with Crippen molar-refractivity contribution in [1.29, 1.82) is 0 Å². The van der Waals surface area contributed by atoms with Crippen molar-refractivity contribution in [1.82, 2.24) is 9.88 Å².